The number of nitrogens with zero attached hydrogens (tertiary/aromatic N) is 2. The molecule has 0 unspecified atom stereocenters. The summed E-state index contributed by atoms with van der Waals surface area (Å²) >= 11 is 0.774. The zero-order chi connectivity index (χ0) is 15.3. The summed E-state index contributed by atoms with van der Waals surface area (Å²) in [6, 6.07) is 8.52. The number of benzene rings is 1. The molecule has 0 fully saturated rings. The molecule has 0 radical (unpaired) electrons. The summed E-state index contributed by atoms with van der Waals surface area (Å²) in [6.07, 6.45) is 1.41. The Balaban J connectivity index is 2.10. The number of carbonyl (C=O) groups excluding carboxylic acids is 1. The van der Waals surface area contributed by atoms with Crippen LogP contribution in [0.4, 0.5) is 5.13 Å². The molecule has 2 rings (SSSR count). The zero-order valence-corrected chi connectivity index (χ0v) is 12.4. The summed E-state index contributed by atoms with van der Waals surface area (Å²) in [5, 5.41) is 9.82. The average molecular weight is 324 g/mol. The number of sulfonamides is 1. The van der Waals surface area contributed by atoms with E-state index in [4.69, 9.17) is 0 Å². The van der Waals surface area contributed by atoms with Crippen molar-refractivity contribution in [1.29, 1.82) is 0 Å². The molecule has 1 heterocycles. The van der Waals surface area contributed by atoms with Crippen LogP contribution in [0.15, 0.2) is 47.3 Å². The first-order valence-electron chi connectivity index (χ1n) is 5.83. The summed E-state index contributed by atoms with van der Waals surface area (Å²) in [7, 11) is -3.73. The predicted molar refractivity (Wildman–Crippen MR) is 79.7 cm³/mol. The molecule has 9 heteroatoms. The topological polar surface area (TPSA) is 101 Å². The molecule has 0 aliphatic carbocycles. The van der Waals surface area contributed by atoms with Crippen molar-refractivity contribution in [1.82, 2.24) is 14.9 Å². The Morgan fingerprint density at radius 2 is 2.00 bits per heavy atom. The maximum absolute atomic E-state index is 11.9. The highest BCUT2D eigenvalue weighted by molar-refractivity contribution is 7.91. The van der Waals surface area contributed by atoms with E-state index in [1.165, 1.54) is 6.08 Å². The molecule has 0 aliphatic rings. The van der Waals surface area contributed by atoms with Crippen LogP contribution in [0.25, 0.3) is 0 Å². The lowest BCUT2D eigenvalue weighted by Crippen LogP contribution is -2.23. The quantitative estimate of drug-likeness (QED) is 0.615. The van der Waals surface area contributed by atoms with E-state index in [9.17, 15) is 13.2 Å². The standard InChI is InChI=1S/C12H12N4O3S2/c1-2-8-13-21(18,19)12-16-15-11(20-12)14-10(17)9-6-4-3-5-7-9/h2-7,13H,1,8H2,(H,14,15,17). The van der Waals surface area contributed by atoms with Crippen LogP contribution in [0, 0.1) is 0 Å². The van der Waals surface area contributed by atoms with Gasteiger partial charge in [0, 0.05) is 12.1 Å². The van der Waals surface area contributed by atoms with Crippen LogP contribution < -0.4 is 10.0 Å². The number of aromatic nitrogens is 2. The van der Waals surface area contributed by atoms with E-state index in [-0.39, 0.29) is 21.9 Å². The van der Waals surface area contributed by atoms with Crippen LogP contribution in [0.2, 0.25) is 0 Å². The lowest BCUT2D eigenvalue weighted by Gasteiger charge is -2.00. The lowest BCUT2D eigenvalue weighted by atomic mass is 10.2. The third kappa shape index (κ3) is 3.94. The van der Waals surface area contributed by atoms with E-state index in [2.05, 4.69) is 26.8 Å². The first-order valence-corrected chi connectivity index (χ1v) is 8.13. The molecule has 1 amide bonds. The van der Waals surface area contributed by atoms with Crippen molar-refractivity contribution >= 4 is 32.4 Å². The molecule has 0 saturated heterocycles. The highest BCUT2D eigenvalue weighted by Gasteiger charge is 2.20. The van der Waals surface area contributed by atoms with E-state index < -0.39 is 10.0 Å². The number of nitrogens with one attached hydrogen (secondary N) is 2. The first-order chi connectivity index (χ1) is 10.0. The van der Waals surface area contributed by atoms with Crippen molar-refractivity contribution in [2.45, 2.75) is 4.34 Å². The minimum Gasteiger partial charge on any atom is -0.296 e. The van der Waals surface area contributed by atoms with Crippen molar-refractivity contribution < 1.29 is 13.2 Å². The Hall–Kier alpha value is -2.10. The highest BCUT2D eigenvalue weighted by atomic mass is 32.2. The molecular weight excluding hydrogens is 312 g/mol. The Labute approximate surface area is 125 Å². The molecule has 2 aromatic rings. The Bertz CT molecular complexity index is 741. The average Bonchev–Trinajstić information content (AvgIpc) is 2.95. The van der Waals surface area contributed by atoms with Crippen LogP contribution in [0.5, 0.6) is 0 Å². The predicted octanol–water partition coefficient (Wildman–Crippen LogP) is 1.25. The molecule has 110 valence electrons. The molecule has 1 aromatic carbocycles. The Kier molecular flexibility index (Phi) is 4.78. The molecule has 0 aliphatic heterocycles. The fraction of sp³-hybridized carbons (Fsp3) is 0.0833. The fourth-order valence-corrected chi connectivity index (χ4v) is 3.29. The fourth-order valence-electron chi connectivity index (χ4n) is 1.36. The number of carbonyl (C=O) groups is 1. The van der Waals surface area contributed by atoms with Gasteiger partial charge in [-0.1, -0.05) is 35.6 Å². The Morgan fingerprint density at radius 1 is 1.29 bits per heavy atom. The van der Waals surface area contributed by atoms with Gasteiger partial charge in [-0.15, -0.1) is 16.8 Å². The van der Waals surface area contributed by atoms with E-state index in [0.29, 0.717) is 5.56 Å². The van der Waals surface area contributed by atoms with Gasteiger partial charge in [0.05, 0.1) is 0 Å². The molecule has 21 heavy (non-hydrogen) atoms. The van der Waals surface area contributed by atoms with Crippen molar-refractivity contribution in [3.8, 4) is 0 Å². The summed E-state index contributed by atoms with van der Waals surface area (Å²) in [5.74, 6) is -0.380. The van der Waals surface area contributed by atoms with Gasteiger partial charge in [-0.05, 0) is 12.1 Å². The summed E-state index contributed by atoms with van der Waals surface area (Å²) in [4.78, 5) is 11.9. The Morgan fingerprint density at radius 3 is 2.67 bits per heavy atom. The molecule has 0 spiro atoms. The van der Waals surface area contributed by atoms with Gasteiger partial charge in [0.1, 0.15) is 0 Å². The van der Waals surface area contributed by atoms with Crippen molar-refractivity contribution in [2.24, 2.45) is 0 Å². The van der Waals surface area contributed by atoms with Crippen LogP contribution in [-0.4, -0.2) is 31.1 Å². The van der Waals surface area contributed by atoms with Gasteiger partial charge in [0.25, 0.3) is 15.9 Å². The maximum Gasteiger partial charge on any atom is 0.270 e. The van der Waals surface area contributed by atoms with Gasteiger partial charge in [-0.2, -0.15) is 0 Å². The highest BCUT2D eigenvalue weighted by Crippen LogP contribution is 2.20. The molecule has 1 aromatic heterocycles. The number of hydrogen-bond acceptors (Lipinski definition) is 6. The van der Waals surface area contributed by atoms with Crippen molar-refractivity contribution in [2.75, 3.05) is 11.9 Å². The molecule has 7 nitrogen and oxygen atoms in total. The van der Waals surface area contributed by atoms with Crippen LogP contribution in [0.1, 0.15) is 10.4 Å². The number of anilines is 1. The molecule has 2 N–H and O–H groups in total. The van der Waals surface area contributed by atoms with Gasteiger partial charge in [-0.3, -0.25) is 10.1 Å². The summed E-state index contributed by atoms with van der Waals surface area (Å²) in [5.41, 5.74) is 0.446. The largest absolute Gasteiger partial charge is 0.296 e. The monoisotopic (exact) mass is 324 g/mol. The van der Waals surface area contributed by atoms with Crippen molar-refractivity contribution in [3.05, 3.63) is 48.6 Å². The second-order valence-corrected chi connectivity index (χ2v) is 6.75. The number of hydrogen-bond donors (Lipinski definition) is 2. The van der Waals surface area contributed by atoms with E-state index in [0.717, 1.165) is 11.3 Å². The van der Waals surface area contributed by atoms with E-state index >= 15 is 0 Å². The lowest BCUT2D eigenvalue weighted by molar-refractivity contribution is 0.102. The summed E-state index contributed by atoms with van der Waals surface area (Å²) < 4.78 is 25.7. The third-order valence-electron chi connectivity index (χ3n) is 2.31. The van der Waals surface area contributed by atoms with E-state index in [1.807, 2.05) is 0 Å². The van der Waals surface area contributed by atoms with Gasteiger partial charge in [0.15, 0.2) is 0 Å². The minimum absolute atomic E-state index is 0.0909. The van der Waals surface area contributed by atoms with Crippen LogP contribution >= 0.6 is 11.3 Å². The molecular formula is C12H12N4O3S2. The smallest absolute Gasteiger partial charge is 0.270 e. The van der Waals surface area contributed by atoms with E-state index in [1.54, 1.807) is 30.3 Å². The second-order valence-electron chi connectivity index (χ2n) is 3.83. The zero-order valence-electron chi connectivity index (χ0n) is 10.8. The van der Waals surface area contributed by atoms with Crippen LogP contribution in [-0.2, 0) is 10.0 Å². The van der Waals surface area contributed by atoms with Crippen molar-refractivity contribution in [3.63, 3.8) is 0 Å². The summed E-state index contributed by atoms with van der Waals surface area (Å²) in [6.45, 7) is 3.51. The molecule has 0 atom stereocenters. The van der Waals surface area contributed by atoms with Gasteiger partial charge in [0.2, 0.25) is 9.47 Å². The minimum atomic E-state index is -3.73. The first kappa shape index (κ1) is 15.3. The van der Waals surface area contributed by atoms with Gasteiger partial charge in [-0.25, -0.2) is 13.1 Å². The third-order valence-corrected chi connectivity index (χ3v) is 4.94. The second kappa shape index (κ2) is 6.57. The number of amides is 1. The van der Waals surface area contributed by atoms with Gasteiger partial charge >= 0.3 is 0 Å². The number of rotatable bonds is 6. The normalized spacial score (nSPS) is 11.0. The molecule has 0 saturated carbocycles. The maximum atomic E-state index is 11.9. The van der Waals surface area contributed by atoms with Crippen LogP contribution in [0.3, 0.4) is 0 Å². The SMILES string of the molecule is C=CCNS(=O)(=O)c1nnc(NC(=O)c2ccccc2)s1. The molecule has 0 bridgehead atoms. The van der Waals surface area contributed by atoms with Gasteiger partial charge < -0.3 is 0 Å².